The van der Waals surface area contributed by atoms with E-state index in [9.17, 15) is 4.39 Å². The number of halogens is 2. The highest BCUT2D eigenvalue weighted by Gasteiger charge is 2.03. The van der Waals surface area contributed by atoms with Crippen molar-refractivity contribution in [2.75, 3.05) is 5.32 Å². The lowest BCUT2D eigenvalue weighted by atomic mass is 10.2. The first-order chi connectivity index (χ1) is 8.15. The molecule has 0 fully saturated rings. The standard InChI is InChI=1S/C13H12ClFN2/c1-9-3-2-4-11(17-9)8-16-13-7-10(14)5-6-12(13)15/h2-7,16H,8H2,1H3. The molecular formula is C13H12ClFN2. The first kappa shape index (κ1) is 11.9. The molecule has 1 N–H and O–H groups in total. The van der Waals surface area contributed by atoms with Gasteiger partial charge in [-0.25, -0.2) is 4.39 Å². The van der Waals surface area contributed by atoms with Crippen molar-refractivity contribution >= 4 is 17.3 Å². The number of aryl methyl sites for hydroxylation is 1. The number of nitrogens with zero attached hydrogens (tertiary/aromatic N) is 1. The third kappa shape index (κ3) is 3.17. The van der Waals surface area contributed by atoms with E-state index in [0.29, 0.717) is 17.3 Å². The van der Waals surface area contributed by atoms with Crippen LogP contribution in [-0.4, -0.2) is 4.98 Å². The number of rotatable bonds is 3. The highest BCUT2D eigenvalue weighted by Crippen LogP contribution is 2.19. The molecule has 0 aliphatic rings. The lowest BCUT2D eigenvalue weighted by Gasteiger charge is -2.07. The van der Waals surface area contributed by atoms with Gasteiger partial charge in [-0.3, -0.25) is 4.98 Å². The van der Waals surface area contributed by atoms with E-state index in [0.717, 1.165) is 11.4 Å². The van der Waals surface area contributed by atoms with Crippen molar-refractivity contribution < 1.29 is 4.39 Å². The van der Waals surface area contributed by atoms with Gasteiger partial charge in [0.05, 0.1) is 17.9 Å². The van der Waals surface area contributed by atoms with Gasteiger partial charge in [0.25, 0.3) is 0 Å². The van der Waals surface area contributed by atoms with Gasteiger partial charge in [-0.05, 0) is 37.3 Å². The average Bonchev–Trinajstić information content (AvgIpc) is 2.30. The molecule has 0 saturated carbocycles. The largest absolute Gasteiger partial charge is 0.377 e. The fraction of sp³-hybridized carbons (Fsp3) is 0.154. The number of anilines is 1. The van der Waals surface area contributed by atoms with Crippen LogP contribution in [0.2, 0.25) is 5.02 Å². The topological polar surface area (TPSA) is 24.9 Å². The Hall–Kier alpha value is -1.61. The van der Waals surface area contributed by atoms with E-state index < -0.39 is 0 Å². The molecule has 17 heavy (non-hydrogen) atoms. The van der Waals surface area contributed by atoms with Crippen LogP contribution in [-0.2, 0) is 6.54 Å². The molecule has 0 unspecified atom stereocenters. The normalized spacial score (nSPS) is 10.3. The van der Waals surface area contributed by atoms with Gasteiger partial charge in [0.15, 0.2) is 0 Å². The fourth-order valence-corrected chi connectivity index (χ4v) is 1.69. The molecule has 0 atom stereocenters. The Kier molecular flexibility index (Phi) is 3.59. The Balaban J connectivity index is 2.09. The van der Waals surface area contributed by atoms with Crippen LogP contribution in [0.15, 0.2) is 36.4 Å². The minimum Gasteiger partial charge on any atom is -0.377 e. The van der Waals surface area contributed by atoms with E-state index in [4.69, 9.17) is 11.6 Å². The third-order valence-corrected chi connectivity index (χ3v) is 2.57. The van der Waals surface area contributed by atoms with Crippen LogP contribution in [0, 0.1) is 12.7 Å². The Morgan fingerprint density at radius 1 is 1.29 bits per heavy atom. The number of pyridine rings is 1. The van der Waals surface area contributed by atoms with Crippen molar-refractivity contribution in [2.45, 2.75) is 13.5 Å². The molecule has 0 radical (unpaired) electrons. The highest BCUT2D eigenvalue weighted by molar-refractivity contribution is 6.30. The summed E-state index contributed by atoms with van der Waals surface area (Å²) in [4.78, 5) is 4.32. The first-order valence-electron chi connectivity index (χ1n) is 5.26. The van der Waals surface area contributed by atoms with E-state index >= 15 is 0 Å². The van der Waals surface area contributed by atoms with Crippen molar-refractivity contribution in [3.05, 3.63) is 58.6 Å². The first-order valence-corrected chi connectivity index (χ1v) is 5.64. The molecule has 4 heteroatoms. The van der Waals surface area contributed by atoms with Gasteiger partial charge in [0.1, 0.15) is 5.82 Å². The van der Waals surface area contributed by atoms with Gasteiger partial charge in [-0.15, -0.1) is 0 Å². The van der Waals surface area contributed by atoms with Crippen molar-refractivity contribution in [2.24, 2.45) is 0 Å². The van der Waals surface area contributed by atoms with Gasteiger partial charge in [0, 0.05) is 10.7 Å². The van der Waals surface area contributed by atoms with E-state index in [1.807, 2.05) is 25.1 Å². The predicted molar refractivity (Wildman–Crippen MR) is 67.7 cm³/mol. The van der Waals surface area contributed by atoms with Crippen LogP contribution >= 0.6 is 11.6 Å². The smallest absolute Gasteiger partial charge is 0.146 e. The molecule has 1 aromatic heterocycles. The summed E-state index contributed by atoms with van der Waals surface area (Å²) in [6, 6.07) is 10.2. The number of hydrogen-bond donors (Lipinski definition) is 1. The molecule has 2 nitrogen and oxygen atoms in total. The highest BCUT2D eigenvalue weighted by atomic mass is 35.5. The molecule has 0 bridgehead atoms. The molecule has 2 rings (SSSR count). The average molecular weight is 251 g/mol. The van der Waals surface area contributed by atoms with Crippen LogP contribution < -0.4 is 5.32 Å². The SMILES string of the molecule is Cc1cccc(CNc2cc(Cl)ccc2F)n1. The van der Waals surface area contributed by atoms with Gasteiger partial charge >= 0.3 is 0 Å². The van der Waals surface area contributed by atoms with Crippen LogP contribution in [0.5, 0.6) is 0 Å². The van der Waals surface area contributed by atoms with Crippen molar-refractivity contribution in [3.8, 4) is 0 Å². The van der Waals surface area contributed by atoms with Gasteiger partial charge in [0.2, 0.25) is 0 Å². The van der Waals surface area contributed by atoms with Crippen molar-refractivity contribution in [1.29, 1.82) is 0 Å². The second-order valence-electron chi connectivity index (χ2n) is 3.75. The van der Waals surface area contributed by atoms with Crippen LogP contribution in [0.25, 0.3) is 0 Å². The van der Waals surface area contributed by atoms with Crippen LogP contribution in [0.1, 0.15) is 11.4 Å². The monoisotopic (exact) mass is 250 g/mol. The Labute approximate surface area is 104 Å². The van der Waals surface area contributed by atoms with Gasteiger partial charge < -0.3 is 5.32 Å². The zero-order chi connectivity index (χ0) is 12.3. The molecule has 1 aromatic carbocycles. The second kappa shape index (κ2) is 5.15. The van der Waals surface area contributed by atoms with Gasteiger partial charge in [-0.1, -0.05) is 17.7 Å². The summed E-state index contributed by atoms with van der Waals surface area (Å²) in [5.74, 6) is -0.318. The quantitative estimate of drug-likeness (QED) is 0.896. The molecule has 0 amide bonds. The number of aromatic nitrogens is 1. The fourth-order valence-electron chi connectivity index (χ4n) is 1.52. The second-order valence-corrected chi connectivity index (χ2v) is 4.18. The summed E-state index contributed by atoms with van der Waals surface area (Å²) in [5.41, 5.74) is 2.20. The Morgan fingerprint density at radius 3 is 2.88 bits per heavy atom. The zero-order valence-corrected chi connectivity index (χ0v) is 10.1. The molecule has 0 saturated heterocycles. The molecule has 1 heterocycles. The number of benzene rings is 1. The predicted octanol–water partition coefficient (Wildman–Crippen LogP) is 3.79. The van der Waals surface area contributed by atoms with Crippen molar-refractivity contribution in [3.63, 3.8) is 0 Å². The summed E-state index contributed by atoms with van der Waals surface area (Å²) in [6.45, 7) is 2.39. The Morgan fingerprint density at radius 2 is 2.12 bits per heavy atom. The van der Waals surface area contributed by atoms with E-state index in [1.165, 1.54) is 12.1 Å². The van der Waals surface area contributed by atoms with E-state index in [2.05, 4.69) is 10.3 Å². The maximum atomic E-state index is 13.4. The summed E-state index contributed by atoms with van der Waals surface area (Å²) < 4.78 is 13.4. The minimum absolute atomic E-state index is 0.318. The zero-order valence-electron chi connectivity index (χ0n) is 9.37. The summed E-state index contributed by atoms with van der Waals surface area (Å²) >= 11 is 5.80. The molecule has 0 aliphatic heterocycles. The Bertz CT molecular complexity index is 529. The molecule has 0 spiro atoms. The van der Waals surface area contributed by atoms with Gasteiger partial charge in [-0.2, -0.15) is 0 Å². The maximum absolute atomic E-state index is 13.4. The molecule has 2 aromatic rings. The summed E-state index contributed by atoms with van der Waals surface area (Å²) in [7, 11) is 0. The minimum atomic E-state index is -0.318. The van der Waals surface area contributed by atoms with E-state index in [-0.39, 0.29) is 5.82 Å². The lowest BCUT2D eigenvalue weighted by molar-refractivity contribution is 0.630. The molecule has 88 valence electrons. The van der Waals surface area contributed by atoms with E-state index in [1.54, 1.807) is 6.07 Å². The van der Waals surface area contributed by atoms with Crippen LogP contribution in [0.3, 0.4) is 0 Å². The summed E-state index contributed by atoms with van der Waals surface area (Å²) in [6.07, 6.45) is 0. The maximum Gasteiger partial charge on any atom is 0.146 e. The number of hydrogen-bond acceptors (Lipinski definition) is 2. The summed E-state index contributed by atoms with van der Waals surface area (Å²) in [5, 5.41) is 3.48. The molecule has 0 aliphatic carbocycles. The third-order valence-electron chi connectivity index (χ3n) is 2.33. The molecular weight excluding hydrogens is 239 g/mol. The lowest BCUT2D eigenvalue weighted by Crippen LogP contribution is -2.03. The van der Waals surface area contributed by atoms with Crippen molar-refractivity contribution in [1.82, 2.24) is 4.98 Å². The van der Waals surface area contributed by atoms with Crippen LogP contribution in [0.4, 0.5) is 10.1 Å². The number of nitrogens with one attached hydrogen (secondary N) is 1.